The Labute approximate surface area is 271 Å². The molecule has 0 saturated carbocycles. The van der Waals surface area contributed by atoms with Gasteiger partial charge in [-0.1, -0.05) is 48.0 Å². The summed E-state index contributed by atoms with van der Waals surface area (Å²) in [7, 11) is 2.58. The van der Waals surface area contributed by atoms with Crippen molar-refractivity contribution in [3.63, 3.8) is 0 Å². The summed E-state index contributed by atoms with van der Waals surface area (Å²) in [5.41, 5.74) is 7.51. The first kappa shape index (κ1) is 35.7. The first-order valence-electron chi connectivity index (χ1n) is 14.3. The number of esters is 3. The van der Waals surface area contributed by atoms with Crippen molar-refractivity contribution in [3.05, 3.63) is 105 Å². The molecule has 0 aromatic heterocycles. The third-order valence-electron chi connectivity index (χ3n) is 6.94. The van der Waals surface area contributed by atoms with E-state index in [0.717, 1.165) is 4.90 Å². The summed E-state index contributed by atoms with van der Waals surface area (Å²) in [4.78, 5) is 62.6. The molecule has 2 aliphatic rings. The van der Waals surface area contributed by atoms with Crippen LogP contribution in [0.4, 0.5) is 0 Å². The van der Waals surface area contributed by atoms with Gasteiger partial charge in [-0.15, -0.1) is 0 Å². The molecule has 0 radical (unpaired) electrons. The average molecular weight is 654 g/mol. The van der Waals surface area contributed by atoms with Crippen molar-refractivity contribution in [3.8, 4) is 0 Å². The number of dihydropyridines is 1. The maximum Gasteiger partial charge on any atom is 0.336 e. The third-order valence-corrected chi connectivity index (χ3v) is 7.28. The summed E-state index contributed by atoms with van der Waals surface area (Å²) in [5.74, 6) is -3.25. The van der Waals surface area contributed by atoms with Crippen LogP contribution in [0.1, 0.15) is 46.0 Å². The highest BCUT2D eigenvalue weighted by Crippen LogP contribution is 2.41. The Hall–Kier alpha value is -4.78. The van der Waals surface area contributed by atoms with E-state index in [-0.39, 0.29) is 55.3 Å². The Balaban J connectivity index is 0.000000637. The predicted octanol–water partition coefficient (Wildman–Crippen LogP) is 3.28. The number of rotatable bonds is 11. The highest BCUT2D eigenvalue weighted by Gasteiger charge is 2.40. The first-order chi connectivity index (χ1) is 22.1. The smallest absolute Gasteiger partial charge is 0.336 e. The van der Waals surface area contributed by atoms with Crippen LogP contribution >= 0.6 is 11.6 Å². The zero-order valence-electron chi connectivity index (χ0n) is 26.0. The minimum atomic E-state index is -0.869. The number of nitrogens with one attached hydrogen (secondary N) is 1. The largest absolute Gasteiger partial charge is 0.466 e. The van der Waals surface area contributed by atoms with Gasteiger partial charge >= 0.3 is 17.9 Å². The summed E-state index contributed by atoms with van der Waals surface area (Å²) in [6.45, 7) is 3.83. The number of benzene rings is 2. The van der Waals surface area contributed by atoms with E-state index in [9.17, 15) is 24.0 Å². The highest BCUT2D eigenvalue weighted by atomic mass is 35.5. The molecule has 244 valence electrons. The Morgan fingerprint density at radius 2 is 1.59 bits per heavy atom. The number of ether oxygens (including phenoxy) is 4. The SMILES string of the molecule is CCOC(=O)C1=C(COCCN2C(=O)c3ccccc3C2=O)NC(C)=C(C(=O)OC)C1c1ccccc1Cl.COC(=O)/C=C/CN. The van der Waals surface area contributed by atoms with Gasteiger partial charge in [0.15, 0.2) is 0 Å². The topological polar surface area (TPSA) is 164 Å². The van der Waals surface area contributed by atoms with Gasteiger partial charge in [0.25, 0.3) is 11.8 Å². The summed E-state index contributed by atoms with van der Waals surface area (Å²) in [6, 6.07) is 13.5. The van der Waals surface area contributed by atoms with Crippen molar-refractivity contribution in [2.24, 2.45) is 5.73 Å². The number of allylic oxidation sites excluding steroid dienone is 1. The fraction of sp³-hybridized carbons (Fsp3) is 0.303. The molecule has 0 saturated heterocycles. The van der Waals surface area contributed by atoms with E-state index in [1.54, 1.807) is 62.4 Å². The molecule has 2 aromatic rings. The van der Waals surface area contributed by atoms with Crippen LogP contribution < -0.4 is 11.1 Å². The van der Waals surface area contributed by atoms with Crippen LogP contribution in [0.2, 0.25) is 5.02 Å². The summed E-state index contributed by atoms with van der Waals surface area (Å²) >= 11 is 6.51. The van der Waals surface area contributed by atoms with Gasteiger partial charge in [-0.05, 0) is 37.6 Å². The minimum absolute atomic E-state index is 0.0239. The van der Waals surface area contributed by atoms with Crippen molar-refractivity contribution in [1.29, 1.82) is 0 Å². The number of hydrogen-bond acceptors (Lipinski definition) is 11. The summed E-state index contributed by atoms with van der Waals surface area (Å²) in [6.07, 6.45) is 2.83. The number of hydrogen-bond donors (Lipinski definition) is 2. The van der Waals surface area contributed by atoms with Crippen LogP contribution in [0, 0.1) is 0 Å². The Morgan fingerprint density at radius 3 is 2.15 bits per heavy atom. The monoisotopic (exact) mass is 653 g/mol. The van der Waals surface area contributed by atoms with E-state index >= 15 is 0 Å². The number of halogens is 1. The molecular formula is C33H36ClN3O9. The molecule has 1 unspecified atom stereocenters. The summed E-state index contributed by atoms with van der Waals surface area (Å²) in [5, 5.41) is 3.45. The fourth-order valence-electron chi connectivity index (χ4n) is 4.87. The molecule has 13 heteroatoms. The van der Waals surface area contributed by atoms with Crippen molar-refractivity contribution in [1.82, 2.24) is 10.2 Å². The number of nitrogens with zero attached hydrogens (tertiary/aromatic N) is 1. The van der Waals surface area contributed by atoms with Gasteiger partial charge in [-0.25, -0.2) is 14.4 Å². The van der Waals surface area contributed by atoms with Crippen LogP contribution in [-0.2, 0) is 33.3 Å². The van der Waals surface area contributed by atoms with Crippen molar-refractivity contribution in [2.75, 3.05) is 47.1 Å². The normalized spacial score (nSPS) is 15.7. The lowest BCUT2D eigenvalue weighted by atomic mass is 9.80. The second kappa shape index (κ2) is 17.1. The standard InChI is InChI=1S/C28H27ClN2O7.C5H9NO2/c1-4-38-28(35)24-21(15-37-14-13-31-25(32)17-9-5-6-10-18(17)26(31)33)30-16(2)22(27(34)36-3)23(24)19-11-7-8-12-20(19)29;1-8-5(7)3-2-4-6/h5-12,23,30H,4,13-15H2,1-3H3;2-3H,4,6H2,1H3/b;3-2+. The number of carbonyl (C=O) groups excluding carboxylic acids is 5. The van der Waals surface area contributed by atoms with E-state index in [4.69, 9.17) is 31.5 Å². The Kier molecular flexibility index (Phi) is 13.2. The van der Waals surface area contributed by atoms with Gasteiger partial charge in [0.05, 0.1) is 74.5 Å². The molecule has 2 heterocycles. The van der Waals surface area contributed by atoms with Crippen LogP contribution in [0.3, 0.4) is 0 Å². The molecular weight excluding hydrogens is 618 g/mol. The quantitative estimate of drug-likeness (QED) is 0.120. The maximum absolute atomic E-state index is 13.2. The molecule has 2 aromatic carbocycles. The van der Waals surface area contributed by atoms with Crippen LogP contribution in [0.5, 0.6) is 0 Å². The van der Waals surface area contributed by atoms with Gasteiger partial charge in [0.2, 0.25) is 0 Å². The molecule has 2 aliphatic heterocycles. The van der Waals surface area contributed by atoms with Gasteiger partial charge in [-0.3, -0.25) is 14.5 Å². The Bertz CT molecular complexity index is 1550. The third kappa shape index (κ3) is 8.27. The molecule has 0 fully saturated rings. The molecule has 46 heavy (non-hydrogen) atoms. The second-order valence-corrected chi connectivity index (χ2v) is 10.2. The molecule has 2 amide bonds. The van der Waals surface area contributed by atoms with Crippen LogP contribution in [0.25, 0.3) is 0 Å². The molecule has 1 atom stereocenters. The number of nitrogens with two attached hydrogens (primary N) is 1. The van der Waals surface area contributed by atoms with Gasteiger partial charge in [-0.2, -0.15) is 0 Å². The van der Waals surface area contributed by atoms with E-state index in [0.29, 0.717) is 39.7 Å². The Morgan fingerprint density at radius 1 is 0.957 bits per heavy atom. The average Bonchev–Trinajstić information content (AvgIpc) is 3.30. The number of amides is 2. The lowest BCUT2D eigenvalue weighted by Crippen LogP contribution is -2.36. The van der Waals surface area contributed by atoms with Crippen molar-refractivity contribution < 1.29 is 42.9 Å². The highest BCUT2D eigenvalue weighted by molar-refractivity contribution is 6.31. The number of methoxy groups -OCH3 is 2. The molecule has 12 nitrogen and oxygen atoms in total. The lowest BCUT2D eigenvalue weighted by Gasteiger charge is -2.31. The van der Waals surface area contributed by atoms with Crippen molar-refractivity contribution >= 4 is 41.3 Å². The van der Waals surface area contributed by atoms with Crippen LogP contribution in [0.15, 0.2) is 83.2 Å². The number of carbonyl (C=O) groups is 5. The summed E-state index contributed by atoms with van der Waals surface area (Å²) < 4.78 is 20.5. The van der Waals surface area contributed by atoms with Gasteiger partial charge in [0, 0.05) is 23.3 Å². The van der Waals surface area contributed by atoms with E-state index in [1.165, 1.54) is 26.4 Å². The number of imide groups is 1. The van der Waals surface area contributed by atoms with Crippen LogP contribution in [-0.4, -0.2) is 81.8 Å². The maximum atomic E-state index is 13.2. The van der Waals surface area contributed by atoms with Gasteiger partial charge in [0.1, 0.15) is 0 Å². The molecule has 3 N–H and O–H groups in total. The second-order valence-electron chi connectivity index (χ2n) is 9.74. The molecule has 0 aliphatic carbocycles. The molecule has 4 rings (SSSR count). The van der Waals surface area contributed by atoms with Gasteiger partial charge < -0.3 is 30.0 Å². The zero-order chi connectivity index (χ0) is 33.8. The van der Waals surface area contributed by atoms with E-state index in [2.05, 4.69) is 10.1 Å². The first-order valence-corrected chi connectivity index (χ1v) is 14.7. The predicted molar refractivity (Wildman–Crippen MR) is 169 cm³/mol. The van der Waals surface area contributed by atoms with E-state index < -0.39 is 17.9 Å². The zero-order valence-corrected chi connectivity index (χ0v) is 26.7. The molecule has 0 spiro atoms. The number of fused-ring (bicyclic) bond motifs is 1. The van der Waals surface area contributed by atoms with Crippen molar-refractivity contribution in [2.45, 2.75) is 19.8 Å². The van der Waals surface area contributed by atoms with E-state index in [1.807, 2.05) is 0 Å². The lowest BCUT2D eigenvalue weighted by molar-refractivity contribution is -0.139. The molecule has 0 bridgehead atoms. The minimum Gasteiger partial charge on any atom is -0.466 e. The fourth-order valence-corrected chi connectivity index (χ4v) is 5.11.